The van der Waals surface area contributed by atoms with Gasteiger partial charge >= 0.3 is 5.97 Å². The summed E-state index contributed by atoms with van der Waals surface area (Å²) < 4.78 is 24.2. The highest BCUT2D eigenvalue weighted by atomic mass is 35.5. The van der Waals surface area contributed by atoms with Crippen molar-refractivity contribution in [3.8, 4) is 5.75 Å². The van der Waals surface area contributed by atoms with Gasteiger partial charge in [-0.25, -0.2) is 9.18 Å². The molecule has 0 heterocycles. The summed E-state index contributed by atoms with van der Waals surface area (Å²) in [6, 6.07) is 18.7. The number of nitrogens with two attached hydrogens (primary N) is 1. The average molecular weight is 485 g/mol. The lowest BCUT2D eigenvalue weighted by molar-refractivity contribution is -0.121. The summed E-state index contributed by atoms with van der Waals surface area (Å²) in [5.74, 6) is -2.15. The number of para-hydroxylation sites is 1. The van der Waals surface area contributed by atoms with Crippen molar-refractivity contribution in [3.05, 3.63) is 94.8 Å². The molecule has 2 N–H and O–H groups in total. The Morgan fingerprint density at radius 3 is 2.29 bits per heavy atom. The van der Waals surface area contributed by atoms with Gasteiger partial charge in [0.25, 0.3) is 5.91 Å². The maximum absolute atomic E-state index is 13.3. The number of benzene rings is 3. The van der Waals surface area contributed by atoms with Gasteiger partial charge in [0.2, 0.25) is 5.91 Å². The molecule has 0 saturated heterocycles. The fourth-order valence-corrected chi connectivity index (χ4v) is 3.15. The van der Waals surface area contributed by atoms with Gasteiger partial charge in [0, 0.05) is 23.7 Å². The van der Waals surface area contributed by atoms with Crippen LogP contribution in [0.15, 0.2) is 72.8 Å². The minimum Gasteiger partial charge on any atom is -0.488 e. The van der Waals surface area contributed by atoms with Crippen LogP contribution in [0.2, 0.25) is 5.02 Å². The number of ether oxygens (including phenoxy) is 2. The Balaban J connectivity index is 1.66. The van der Waals surface area contributed by atoms with Gasteiger partial charge in [0.1, 0.15) is 23.7 Å². The third-order valence-electron chi connectivity index (χ3n) is 4.76. The number of amides is 2. The van der Waals surface area contributed by atoms with Crippen molar-refractivity contribution in [3.63, 3.8) is 0 Å². The van der Waals surface area contributed by atoms with Crippen molar-refractivity contribution < 1.29 is 28.2 Å². The molecular formula is C25H22ClFN2O5. The number of nitrogens with zero attached hydrogens (tertiary/aromatic N) is 1. The highest BCUT2D eigenvalue weighted by Crippen LogP contribution is 2.21. The molecule has 34 heavy (non-hydrogen) atoms. The molecule has 3 aromatic rings. The van der Waals surface area contributed by atoms with Crippen LogP contribution in [-0.2, 0) is 20.9 Å². The summed E-state index contributed by atoms with van der Waals surface area (Å²) in [6.07, 6.45) is -0.113. The molecule has 3 aromatic carbocycles. The van der Waals surface area contributed by atoms with Gasteiger partial charge in [-0.05, 0) is 54.1 Å². The van der Waals surface area contributed by atoms with E-state index in [1.807, 2.05) is 0 Å². The maximum atomic E-state index is 13.3. The van der Waals surface area contributed by atoms with Gasteiger partial charge in [0.15, 0.2) is 6.61 Å². The van der Waals surface area contributed by atoms with Gasteiger partial charge in [-0.15, -0.1) is 0 Å². The summed E-state index contributed by atoms with van der Waals surface area (Å²) in [5, 5.41) is 0.600. The van der Waals surface area contributed by atoms with Crippen LogP contribution in [0, 0.1) is 5.82 Å². The second kappa shape index (κ2) is 11.8. The molecule has 0 spiro atoms. The van der Waals surface area contributed by atoms with Gasteiger partial charge < -0.3 is 20.1 Å². The lowest BCUT2D eigenvalue weighted by Gasteiger charge is -2.22. The van der Waals surface area contributed by atoms with Crippen LogP contribution >= 0.6 is 11.6 Å². The Morgan fingerprint density at radius 1 is 0.941 bits per heavy atom. The molecule has 0 aromatic heterocycles. The van der Waals surface area contributed by atoms with E-state index in [-0.39, 0.29) is 25.1 Å². The molecular weight excluding hydrogens is 463 g/mol. The molecule has 176 valence electrons. The number of hydrogen-bond donors (Lipinski definition) is 1. The smallest absolute Gasteiger partial charge is 0.342 e. The molecule has 0 fully saturated rings. The van der Waals surface area contributed by atoms with E-state index in [1.54, 1.807) is 42.5 Å². The van der Waals surface area contributed by atoms with Gasteiger partial charge in [-0.1, -0.05) is 35.9 Å². The average Bonchev–Trinajstić information content (AvgIpc) is 2.83. The first-order valence-electron chi connectivity index (χ1n) is 10.3. The predicted molar refractivity (Wildman–Crippen MR) is 125 cm³/mol. The van der Waals surface area contributed by atoms with Crippen LogP contribution in [0.3, 0.4) is 0 Å². The van der Waals surface area contributed by atoms with Gasteiger partial charge in [-0.3, -0.25) is 9.59 Å². The number of carbonyl (C=O) groups is 3. The SMILES string of the molecule is NC(=O)CCN(C(=O)COC(=O)c1ccccc1OCc1ccc(Cl)cc1)c1ccc(F)cc1. The lowest BCUT2D eigenvalue weighted by atomic mass is 10.2. The number of hydrogen-bond acceptors (Lipinski definition) is 5. The van der Waals surface area contributed by atoms with Crippen LogP contribution in [0.5, 0.6) is 5.75 Å². The normalized spacial score (nSPS) is 10.4. The predicted octanol–water partition coefficient (Wildman–Crippen LogP) is 4.12. The summed E-state index contributed by atoms with van der Waals surface area (Å²) in [7, 11) is 0. The molecule has 3 rings (SSSR count). The Bertz CT molecular complexity index is 1150. The molecule has 0 aliphatic rings. The van der Waals surface area contributed by atoms with Crippen LogP contribution in [-0.4, -0.2) is 30.9 Å². The molecule has 0 atom stereocenters. The highest BCUT2D eigenvalue weighted by molar-refractivity contribution is 6.30. The molecule has 0 saturated carbocycles. The van der Waals surface area contributed by atoms with Crippen molar-refractivity contribution in [1.29, 1.82) is 0 Å². The van der Waals surface area contributed by atoms with E-state index in [0.29, 0.717) is 16.5 Å². The van der Waals surface area contributed by atoms with E-state index < -0.39 is 30.2 Å². The fourth-order valence-electron chi connectivity index (χ4n) is 3.03. The van der Waals surface area contributed by atoms with Crippen molar-refractivity contribution in [1.82, 2.24) is 0 Å². The Hall–Kier alpha value is -3.91. The summed E-state index contributed by atoms with van der Waals surface area (Å²) in [5.41, 5.74) is 6.54. The number of anilines is 1. The minimum atomic E-state index is -0.756. The van der Waals surface area contributed by atoms with E-state index in [9.17, 15) is 18.8 Å². The third-order valence-corrected chi connectivity index (χ3v) is 5.01. The first-order chi connectivity index (χ1) is 16.3. The monoisotopic (exact) mass is 484 g/mol. The number of primary amides is 1. The van der Waals surface area contributed by atoms with Crippen LogP contribution < -0.4 is 15.4 Å². The molecule has 0 aliphatic carbocycles. The standard InChI is InChI=1S/C25H22ClFN2O5/c26-18-7-5-17(6-8-18)15-33-22-4-2-1-3-21(22)25(32)34-16-24(31)29(14-13-23(28)30)20-11-9-19(27)10-12-20/h1-12H,13-16H2,(H2,28,30). The summed E-state index contributed by atoms with van der Waals surface area (Å²) >= 11 is 5.89. The zero-order chi connectivity index (χ0) is 24.5. The highest BCUT2D eigenvalue weighted by Gasteiger charge is 2.20. The second-order valence-electron chi connectivity index (χ2n) is 7.23. The summed E-state index contributed by atoms with van der Waals surface area (Å²) in [4.78, 5) is 37.9. The number of carbonyl (C=O) groups excluding carboxylic acids is 3. The third kappa shape index (κ3) is 7.05. The van der Waals surface area contributed by atoms with Crippen LogP contribution in [0.25, 0.3) is 0 Å². The molecule has 9 heteroatoms. The lowest BCUT2D eigenvalue weighted by Crippen LogP contribution is -2.37. The number of halogens is 2. The second-order valence-corrected chi connectivity index (χ2v) is 7.66. The Kier molecular flexibility index (Phi) is 8.59. The van der Waals surface area contributed by atoms with E-state index in [0.717, 1.165) is 5.56 Å². The van der Waals surface area contributed by atoms with E-state index in [1.165, 1.54) is 35.2 Å². The number of esters is 1. The van der Waals surface area contributed by atoms with E-state index in [4.69, 9.17) is 26.8 Å². The Morgan fingerprint density at radius 2 is 1.62 bits per heavy atom. The fraction of sp³-hybridized carbons (Fsp3) is 0.160. The van der Waals surface area contributed by atoms with Crippen molar-refractivity contribution in [2.24, 2.45) is 5.73 Å². The van der Waals surface area contributed by atoms with Gasteiger partial charge in [0.05, 0.1) is 0 Å². The van der Waals surface area contributed by atoms with Crippen LogP contribution in [0.1, 0.15) is 22.3 Å². The van der Waals surface area contributed by atoms with Crippen molar-refractivity contribution >= 4 is 35.1 Å². The summed E-state index contributed by atoms with van der Waals surface area (Å²) in [6.45, 7) is -0.440. The topological polar surface area (TPSA) is 98.9 Å². The first kappa shape index (κ1) is 24.7. The Labute approximate surface area is 200 Å². The van der Waals surface area contributed by atoms with Crippen molar-refractivity contribution in [2.45, 2.75) is 13.0 Å². The zero-order valence-corrected chi connectivity index (χ0v) is 18.8. The molecule has 2 amide bonds. The van der Waals surface area contributed by atoms with Crippen LogP contribution in [0.4, 0.5) is 10.1 Å². The molecule has 0 bridgehead atoms. The van der Waals surface area contributed by atoms with E-state index >= 15 is 0 Å². The molecule has 0 unspecified atom stereocenters. The molecule has 0 radical (unpaired) electrons. The zero-order valence-electron chi connectivity index (χ0n) is 18.1. The first-order valence-corrected chi connectivity index (χ1v) is 10.7. The quantitative estimate of drug-likeness (QED) is 0.436. The largest absolute Gasteiger partial charge is 0.488 e. The van der Waals surface area contributed by atoms with Crippen molar-refractivity contribution in [2.75, 3.05) is 18.1 Å². The molecule has 7 nitrogen and oxygen atoms in total. The van der Waals surface area contributed by atoms with Gasteiger partial charge in [-0.2, -0.15) is 0 Å². The number of rotatable bonds is 10. The minimum absolute atomic E-state index is 0.0435. The maximum Gasteiger partial charge on any atom is 0.342 e. The van der Waals surface area contributed by atoms with E-state index in [2.05, 4.69) is 0 Å². The molecule has 0 aliphatic heterocycles.